The molecule has 0 spiro atoms. The van der Waals surface area contributed by atoms with Crippen LogP contribution in [-0.4, -0.2) is 45.0 Å². The first-order chi connectivity index (χ1) is 7.25. The van der Waals surface area contributed by atoms with Gasteiger partial charge in [-0.1, -0.05) is 0 Å². The Balaban J connectivity index is 3.18. The normalized spacial score (nSPS) is 34.7. The fourth-order valence-electron chi connectivity index (χ4n) is 2.74. The molecule has 1 unspecified atom stereocenters. The van der Waals surface area contributed by atoms with Crippen LogP contribution >= 0.6 is 0 Å². The van der Waals surface area contributed by atoms with Crippen molar-refractivity contribution in [2.45, 2.75) is 51.3 Å². The van der Waals surface area contributed by atoms with Crippen LogP contribution in [0.2, 0.25) is 0 Å². The van der Waals surface area contributed by atoms with E-state index in [-0.39, 0.29) is 23.5 Å². The second kappa shape index (κ2) is 4.04. The zero-order chi connectivity index (χ0) is 12.6. The lowest BCUT2D eigenvalue weighted by Crippen LogP contribution is -2.65. The summed E-state index contributed by atoms with van der Waals surface area (Å²) in [6, 6.07) is 1.70. The molecule has 16 heavy (non-hydrogen) atoms. The quantitative estimate of drug-likeness (QED) is 0.662. The Hall–Kier alpha value is -1.12. The Kier molecular flexibility index (Phi) is 3.27. The molecule has 0 saturated carbocycles. The highest BCUT2D eigenvalue weighted by Crippen LogP contribution is 2.38. The van der Waals surface area contributed by atoms with Crippen molar-refractivity contribution >= 4 is 6.09 Å². The van der Waals surface area contributed by atoms with E-state index in [2.05, 4.69) is 0 Å². The number of quaternary nitrogens is 1. The second-order valence-corrected chi connectivity index (χ2v) is 5.41. The van der Waals surface area contributed by atoms with Gasteiger partial charge in [0.25, 0.3) is 0 Å². The molecule has 5 heteroatoms. The molecule has 1 aliphatic rings. The third kappa shape index (κ3) is 1.79. The first-order valence-corrected chi connectivity index (χ1v) is 5.42. The summed E-state index contributed by atoms with van der Waals surface area (Å²) >= 11 is 0. The number of nitrogens with zero attached hydrogens (tertiary/aromatic N) is 2. The summed E-state index contributed by atoms with van der Waals surface area (Å²) in [5.74, 6) is 0. The molecule has 1 aliphatic heterocycles. The average molecular weight is 227 g/mol. The Bertz CT molecular complexity index is 329. The lowest BCUT2D eigenvalue weighted by atomic mass is 9.98. The Morgan fingerprint density at radius 1 is 1.56 bits per heavy atom. The van der Waals surface area contributed by atoms with Gasteiger partial charge in [0, 0.05) is 6.42 Å². The van der Waals surface area contributed by atoms with Gasteiger partial charge in [-0.05, 0) is 20.8 Å². The van der Waals surface area contributed by atoms with Gasteiger partial charge in [0.05, 0.1) is 12.5 Å². The predicted molar refractivity (Wildman–Crippen MR) is 57.5 cm³/mol. The van der Waals surface area contributed by atoms with Crippen molar-refractivity contribution in [3.8, 4) is 6.07 Å². The maximum Gasteiger partial charge on any atom is 0.514 e. The molecule has 1 rings (SSSR count). The molecule has 1 amide bonds. The Morgan fingerprint density at radius 3 is 2.50 bits per heavy atom. The van der Waals surface area contributed by atoms with Gasteiger partial charge in [-0.15, -0.1) is 0 Å². The monoisotopic (exact) mass is 227 g/mol. The van der Waals surface area contributed by atoms with Gasteiger partial charge in [-0.2, -0.15) is 10.1 Å². The van der Waals surface area contributed by atoms with Crippen molar-refractivity contribution in [2.75, 3.05) is 6.54 Å². The summed E-state index contributed by atoms with van der Waals surface area (Å²) in [4.78, 5) is 11.6. The summed E-state index contributed by atoms with van der Waals surface area (Å²) in [6.45, 7) is 5.70. The summed E-state index contributed by atoms with van der Waals surface area (Å²) in [7, 11) is 0. The molecule has 5 nitrogen and oxygen atoms in total. The molecule has 3 atom stereocenters. The molecule has 1 saturated heterocycles. The van der Waals surface area contributed by atoms with Gasteiger partial charge < -0.3 is 10.2 Å². The number of nitriles is 1. The van der Waals surface area contributed by atoms with E-state index in [1.807, 2.05) is 26.8 Å². The lowest BCUT2D eigenvalue weighted by Gasteiger charge is -2.44. The van der Waals surface area contributed by atoms with E-state index in [1.54, 1.807) is 0 Å². The number of aliphatic hydroxyl groups is 1. The Labute approximate surface area is 95.5 Å². The zero-order valence-electron chi connectivity index (χ0n) is 9.97. The lowest BCUT2D eigenvalue weighted by molar-refractivity contribution is -0.915. The second-order valence-electron chi connectivity index (χ2n) is 5.41. The van der Waals surface area contributed by atoms with Crippen LogP contribution in [0.1, 0.15) is 33.6 Å². The maximum absolute atomic E-state index is 11.6. The largest absolute Gasteiger partial charge is 0.514 e. The number of amides is 1. The van der Waals surface area contributed by atoms with E-state index >= 15 is 0 Å². The number of hydrogen-bond donors (Lipinski definition) is 2. The SMILES string of the molecule is CC(C)(C)[N+]1(C(=O)O)C[C@@H](O)C[C@@H]1CC#N. The van der Waals surface area contributed by atoms with Crippen LogP contribution in [0.4, 0.5) is 4.79 Å². The van der Waals surface area contributed by atoms with Crippen LogP contribution < -0.4 is 0 Å². The molecule has 2 N–H and O–H groups in total. The van der Waals surface area contributed by atoms with Crippen LogP contribution in [0.25, 0.3) is 0 Å². The third-order valence-corrected chi connectivity index (χ3v) is 3.53. The molecule has 1 fully saturated rings. The third-order valence-electron chi connectivity index (χ3n) is 3.53. The van der Waals surface area contributed by atoms with Gasteiger partial charge in [0.2, 0.25) is 0 Å². The predicted octanol–water partition coefficient (Wildman–Crippen LogP) is 1.33. The minimum atomic E-state index is -0.954. The number of likely N-dealkylation sites (tertiary alicyclic amines) is 1. The van der Waals surface area contributed by atoms with Gasteiger partial charge >= 0.3 is 6.09 Å². The first kappa shape index (κ1) is 12.9. The van der Waals surface area contributed by atoms with E-state index in [0.29, 0.717) is 6.42 Å². The molecule has 0 radical (unpaired) electrons. The van der Waals surface area contributed by atoms with Crippen LogP contribution in [0.3, 0.4) is 0 Å². The minimum Gasteiger partial charge on any atom is -0.435 e. The van der Waals surface area contributed by atoms with E-state index < -0.39 is 17.7 Å². The summed E-state index contributed by atoms with van der Waals surface area (Å²) in [5.41, 5.74) is -0.523. The molecular formula is C11H19N2O3+. The highest BCUT2D eigenvalue weighted by molar-refractivity contribution is 5.58. The molecule has 90 valence electrons. The summed E-state index contributed by atoms with van der Waals surface area (Å²) in [6.07, 6.45) is -1.03. The number of carbonyl (C=O) groups is 1. The maximum atomic E-state index is 11.6. The minimum absolute atomic E-state index is 0.167. The molecule has 0 aromatic heterocycles. The first-order valence-electron chi connectivity index (χ1n) is 5.42. The van der Waals surface area contributed by atoms with E-state index in [1.165, 1.54) is 0 Å². The van der Waals surface area contributed by atoms with Gasteiger partial charge in [-0.25, -0.2) is 4.48 Å². The fourth-order valence-corrected chi connectivity index (χ4v) is 2.74. The summed E-state index contributed by atoms with van der Waals surface area (Å²) in [5, 5.41) is 27.9. The van der Waals surface area contributed by atoms with E-state index in [0.717, 1.165) is 0 Å². The van der Waals surface area contributed by atoms with Crippen molar-refractivity contribution < 1.29 is 19.5 Å². The number of carboxylic acid groups (broad SMARTS) is 1. The zero-order valence-corrected chi connectivity index (χ0v) is 9.97. The van der Waals surface area contributed by atoms with Crippen molar-refractivity contribution in [1.29, 1.82) is 5.26 Å². The molecule has 0 aromatic rings. The van der Waals surface area contributed by atoms with Crippen molar-refractivity contribution in [3.05, 3.63) is 0 Å². The average Bonchev–Trinajstić information content (AvgIpc) is 2.43. The van der Waals surface area contributed by atoms with Crippen molar-refractivity contribution in [1.82, 2.24) is 0 Å². The topological polar surface area (TPSA) is 81.3 Å². The van der Waals surface area contributed by atoms with Crippen LogP contribution in [0.5, 0.6) is 0 Å². The molecule has 0 aliphatic carbocycles. The highest BCUT2D eigenvalue weighted by Gasteiger charge is 2.58. The van der Waals surface area contributed by atoms with E-state index in [4.69, 9.17) is 5.26 Å². The van der Waals surface area contributed by atoms with Gasteiger partial charge in [0.15, 0.2) is 0 Å². The standard InChI is InChI=1S/C11H18N2O3/c1-11(2,3)13(10(15)16)7-9(14)6-8(13)4-5-12/h8-9,14H,4,6-7H2,1-3H3/p+1/t8-,9-,13?/m0/s1. The van der Waals surface area contributed by atoms with Crippen molar-refractivity contribution in [3.63, 3.8) is 0 Å². The van der Waals surface area contributed by atoms with Crippen LogP contribution in [-0.2, 0) is 0 Å². The number of aliphatic hydroxyl groups excluding tert-OH is 1. The molecule has 0 aromatic carbocycles. The van der Waals surface area contributed by atoms with Crippen LogP contribution in [0.15, 0.2) is 0 Å². The smallest absolute Gasteiger partial charge is 0.435 e. The van der Waals surface area contributed by atoms with Crippen molar-refractivity contribution in [2.24, 2.45) is 0 Å². The Morgan fingerprint density at radius 2 is 2.12 bits per heavy atom. The molecular weight excluding hydrogens is 208 g/mol. The van der Waals surface area contributed by atoms with Crippen LogP contribution in [0, 0.1) is 11.3 Å². The van der Waals surface area contributed by atoms with Gasteiger partial charge in [-0.3, -0.25) is 0 Å². The molecule has 0 bridgehead atoms. The number of hydrogen-bond acceptors (Lipinski definition) is 3. The highest BCUT2D eigenvalue weighted by atomic mass is 16.4. The fraction of sp³-hybridized carbons (Fsp3) is 0.818. The summed E-state index contributed by atoms with van der Waals surface area (Å²) < 4.78 is -0.221. The van der Waals surface area contributed by atoms with E-state index in [9.17, 15) is 15.0 Å². The number of rotatable bonds is 1. The van der Waals surface area contributed by atoms with Gasteiger partial charge in [0.1, 0.15) is 24.2 Å². The molecule has 1 heterocycles.